The molecule has 0 fully saturated rings. The zero-order valence-electron chi connectivity index (χ0n) is 15.1. The van der Waals surface area contributed by atoms with Crippen molar-refractivity contribution in [3.63, 3.8) is 0 Å². The molecule has 1 amide bonds. The highest BCUT2D eigenvalue weighted by Gasteiger charge is 2.17. The first-order chi connectivity index (χ1) is 12.0. The second-order valence-corrected chi connectivity index (χ2v) is 8.63. The number of carbonyl (C=O) groups is 1. The Hall–Kier alpha value is -0.880. The molecule has 1 N–H and O–H groups in total. The molecule has 0 aliphatic heterocycles. The van der Waals surface area contributed by atoms with E-state index in [0.717, 1.165) is 24.8 Å². The van der Waals surface area contributed by atoms with Crippen LogP contribution in [-0.4, -0.2) is 14.3 Å². The Morgan fingerprint density at radius 2 is 1.44 bits per heavy atom. The lowest BCUT2D eigenvalue weighted by atomic mass is 10.1. The maximum Gasteiger partial charge on any atom is 0.264 e. The molecule has 0 spiro atoms. The minimum absolute atomic E-state index is 0.123. The van der Waals surface area contributed by atoms with Crippen LogP contribution < -0.4 is 4.72 Å². The van der Waals surface area contributed by atoms with Gasteiger partial charge in [-0.1, -0.05) is 86.4 Å². The quantitative estimate of drug-likeness (QED) is 0.340. The summed E-state index contributed by atoms with van der Waals surface area (Å²) in [5.74, 6) is -0.424. The first-order valence-corrected chi connectivity index (χ1v) is 11.8. The SMILES string of the molecule is CCCCCCCCCCCC(=O)NS(=O)(=O)c1ccc(CBr)cc1. The number of hydrogen-bond donors (Lipinski definition) is 1. The largest absolute Gasteiger partial charge is 0.274 e. The van der Waals surface area contributed by atoms with E-state index in [2.05, 4.69) is 27.6 Å². The van der Waals surface area contributed by atoms with Gasteiger partial charge in [0.15, 0.2) is 0 Å². The zero-order valence-corrected chi connectivity index (χ0v) is 17.5. The van der Waals surface area contributed by atoms with E-state index in [-0.39, 0.29) is 11.3 Å². The Balaban J connectivity index is 2.22. The number of carbonyl (C=O) groups excluding carboxylic acids is 1. The first-order valence-electron chi connectivity index (χ1n) is 9.20. The molecule has 142 valence electrons. The van der Waals surface area contributed by atoms with E-state index in [0.29, 0.717) is 5.33 Å². The Kier molecular flexibility index (Phi) is 11.1. The highest BCUT2D eigenvalue weighted by molar-refractivity contribution is 9.08. The van der Waals surface area contributed by atoms with Crippen LogP contribution in [0.5, 0.6) is 0 Å². The molecular weight excluding hydrogens is 402 g/mol. The number of nitrogens with one attached hydrogen (secondary N) is 1. The Morgan fingerprint density at radius 3 is 1.96 bits per heavy atom. The number of hydrogen-bond acceptors (Lipinski definition) is 3. The van der Waals surface area contributed by atoms with Crippen LogP contribution in [0.3, 0.4) is 0 Å². The number of sulfonamides is 1. The third-order valence-corrected chi connectivity index (χ3v) is 6.18. The summed E-state index contributed by atoms with van der Waals surface area (Å²) < 4.78 is 26.5. The first kappa shape index (κ1) is 22.2. The van der Waals surface area contributed by atoms with E-state index < -0.39 is 15.9 Å². The molecule has 0 saturated carbocycles. The van der Waals surface area contributed by atoms with E-state index in [4.69, 9.17) is 0 Å². The second kappa shape index (κ2) is 12.5. The monoisotopic (exact) mass is 431 g/mol. The van der Waals surface area contributed by atoms with Gasteiger partial charge in [0.1, 0.15) is 0 Å². The van der Waals surface area contributed by atoms with Crippen molar-refractivity contribution in [1.82, 2.24) is 4.72 Å². The molecule has 0 heterocycles. The van der Waals surface area contributed by atoms with Gasteiger partial charge >= 0.3 is 0 Å². The van der Waals surface area contributed by atoms with Crippen molar-refractivity contribution >= 4 is 31.9 Å². The lowest BCUT2D eigenvalue weighted by Gasteiger charge is -2.07. The predicted octanol–water partition coefficient (Wildman–Crippen LogP) is 5.31. The average molecular weight is 432 g/mol. The van der Waals surface area contributed by atoms with Crippen molar-refractivity contribution in [2.24, 2.45) is 0 Å². The summed E-state index contributed by atoms with van der Waals surface area (Å²) in [6, 6.07) is 6.50. The summed E-state index contributed by atoms with van der Waals surface area (Å²) in [5, 5.41) is 0.665. The van der Waals surface area contributed by atoms with Crippen LogP contribution >= 0.6 is 15.9 Å². The summed E-state index contributed by atoms with van der Waals surface area (Å²) in [5.41, 5.74) is 0.986. The fraction of sp³-hybridized carbons (Fsp3) is 0.632. The van der Waals surface area contributed by atoms with Crippen molar-refractivity contribution in [3.8, 4) is 0 Å². The summed E-state index contributed by atoms with van der Waals surface area (Å²) in [6.07, 6.45) is 10.7. The standard InChI is InChI=1S/C19H30BrNO3S/c1-2-3-4-5-6-7-8-9-10-11-19(22)21-25(23,24)18-14-12-17(16-20)13-15-18/h12-15H,2-11,16H2,1H3,(H,21,22). The fourth-order valence-electron chi connectivity index (χ4n) is 2.61. The molecule has 0 bridgehead atoms. The van der Waals surface area contributed by atoms with Gasteiger partial charge in [0.25, 0.3) is 10.0 Å². The molecule has 1 aromatic carbocycles. The predicted molar refractivity (Wildman–Crippen MR) is 106 cm³/mol. The molecule has 0 unspecified atom stereocenters. The summed E-state index contributed by atoms with van der Waals surface area (Å²) >= 11 is 3.32. The van der Waals surface area contributed by atoms with Crippen molar-refractivity contribution < 1.29 is 13.2 Å². The molecule has 25 heavy (non-hydrogen) atoms. The van der Waals surface area contributed by atoms with Crippen LogP contribution in [0.25, 0.3) is 0 Å². The fourth-order valence-corrected chi connectivity index (χ4v) is 4.00. The topological polar surface area (TPSA) is 63.2 Å². The van der Waals surface area contributed by atoms with Crippen LogP contribution in [0, 0.1) is 0 Å². The van der Waals surface area contributed by atoms with Gasteiger partial charge in [-0.15, -0.1) is 0 Å². The molecule has 0 aliphatic carbocycles. The number of amides is 1. The van der Waals surface area contributed by atoms with E-state index >= 15 is 0 Å². The number of alkyl halides is 1. The minimum atomic E-state index is -3.76. The number of rotatable bonds is 13. The molecule has 0 atom stereocenters. The van der Waals surface area contributed by atoms with Gasteiger partial charge in [0, 0.05) is 11.8 Å². The van der Waals surface area contributed by atoms with Crippen molar-refractivity contribution in [1.29, 1.82) is 0 Å². The summed E-state index contributed by atoms with van der Waals surface area (Å²) in [4.78, 5) is 12.0. The third kappa shape index (κ3) is 9.40. The van der Waals surface area contributed by atoms with E-state index in [1.54, 1.807) is 12.1 Å². The summed E-state index contributed by atoms with van der Waals surface area (Å²) in [6.45, 7) is 2.21. The van der Waals surface area contributed by atoms with E-state index in [1.165, 1.54) is 50.7 Å². The van der Waals surface area contributed by atoms with Crippen molar-refractivity contribution in [3.05, 3.63) is 29.8 Å². The Labute approximate surface area is 161 Å². The Bertz CT molecular complexity index is 600. The lowest BCUT2D eigenvalue weighted by molar-refractivity contribution is -0.119. The van der Waals surface area contributed by atoms with Crippen LogP contribution in [0.1, 0.15) is 76.7 Å². The molecule has 6 heteroatoms. The highest BCUT2D eigenvalue weighted by Crippen LogP contribution is 2.14. The smallest absolute Gasteiger partial charge is 0.264 e. The molecule has 0 saturated heterocycles. The highest BCUT2D eigenvalue weighted by atomic mass is 79.9. The number of benzene rings is 1. The molecular formula is C19H30BrNO3S. The van der Waals surface area contributed by atoms with Crippen LogP contribution in [0.15, 0.2) is 29.2 Å². The number of halogens is 1. The van der Waals surface area contributed by atoms with Gasteiger partial charge in [-0.05, 0) is 24.1 Å². The minimum Gasteiger partial charge on any atom is -0.274 e. The molecule has 1 rings (SSSR count). The van der Waals surface area contributed by atoms with Gasteiger partial charge in [0.05, 0.1) is 4.90 Å². The molecule has 0 aliphatic rings. The van der Waals surface area contributed by atoms with Crippen molar-refractivity contribution in [2.45, 2.75) is 81.4 Å². The third-order valence-electron chi connectivity index (χ3n) is 4.14. The molecule has 0 aromatic heterocycles. The Morgan fingerprint density at radius 1 is 0.920 bits per heavy atom. The van der Waals surface area contributed by atoms with Crippen molar-refractivity contribution in [2.75, 3.05) is 0 Å². The van der Waals surface area contributed by atoms with Crippen LogP contribution in [-0.2, 0) is 20.1 Å². The molecule has 4 nitrogen and oxygen atoms in total. The van der Waals surface area contributed by atoms with Gasteiger partial charge in [-0.3, -0.25) is 4.79 Å². The lowest BCUT2D eigenvalue weighted by Crippen LogP contribution is -2.30. The van der Waals surface area contributed by atoms with Gasteiger partial charge in [0.2, 0.25) is 5.91 Å². The van der Waals surface area contributed by atoms with E-state index in [9.17, 15) is 13.2 Å². The second-order valence-electron chi connectivity index (χ2n) is 6.38. The average Bonchev–Trinajstić information content (AvgIpc) is 2.60. The van der Waals surface area contributed by atoms with Gasteiger partial charge in [-0.25, -0.2) is 13.1 Å². The maximum atomic E-state index is 12.2. The van der Waals surface area contributed by atoms with Crippen LogP contribution in [0.2, 0.25) is 0 Å². The molecule has 1 aromatic rings. The van der Waals surface area contributed by atoms with E-state index in [1.807, 2.05) is 0 Å². The molecule has 0 radical (unpaired) electrons. The maximum absolute atomic E-state index is 12.2. The van der Waals surface area contributed by atoms with Gasteiger partial charge < -0.3 is 0 Å². The number of unbranched alkanes of at least 4 members (excludes halogenated alkanes) is 8. The van der Waals surface area contributed by atoms with Crippen LogP contribution in [0.4, 0.5) is 0 Å². The van der Waals surface area contributed by atoms with Gasteiger partial charge in [-0.2, -0.15) is 0 Å². The normalized spacial score (nSPS) is 11.4. The summed E-state index contributed by atoms with van der Waals surface area (Å²) in [7, 11) is -3.76. The zero-order chi connectivity index (χ0) is 18.5.